The first-order valence-electron chi connectivity index (χ1n) is 10.1. The van der Waals surface area contributed by atoms with Gasteiger partial charge in [0.2, 0.25) is 21.8 Å². The van der Waals surface area contributed by atoms with Gasteiger partial charge in [-0.05, 0) is 50.6 Å². The number of likely N-dealkylation sites (N-methyl/N-ethyl adjacent to an activating group) is 1. The first kappa shape index (κ1) is 27.2. The first-order valence-corrected chi connectivity index (χ1v) is 13.1. The molecule has 0 saturated carbocycles. The smallest absolute Gasteiger partial charge is 0.244 e. The molecule has 0 fully saturated rings. The van der Waals surface area contributed by atoms with Gasteiger partial charge in [0.05, 0.1) is 11.9 Å². The molecule has 0 unspecified atom stereocenters. The van der Waals surface area contributed by atoms with E-state index in [1.54, 1.807) is 57.2 Å². The zero-order valence-electron chi connectivity index (χ0n) is 18.7. The number of hydrogen-bond acceptors (Lipinski definition) is 4. The van der Waals surface area contributed by atoms with Crippen LogP contribution in [0.4, 0.5) is 5.69 Å². The van der Waals surface area contributed by atoms with E-state index in [4.69, 9.17) is 34.8 Å². The van der Waals surface area contributed by atoms with Crippen LogP contribution in [0, 0.1) is 6.92 Å². The van der Waals surface area contributed by atoms with E-state index in [1.807, 2.05) is 0 Å². The topological polar surface area (TPSA) is 86.8 Å². The lowest BCUT2D eigenvalue weighted by Crippen LogP contribution is -2.51. The Morgan fingerprint density at radius 2 is 1.58 bits per heavy atom. The van der Waals surface area contributed by atoms with E-state index >= 15 is 0 Å². The molecule has 0 aromatic heterocycles. The molecule has 1 atom stereocenters. The summed E-state index contributed by atoms with van der Waals surface area (Å²) >= 11 is 18.8. The predicted molar refractivity (Wildman–Crippen MR) is 134 cm³/mol. The van der Waals surface area contributed by atoms with Crippen LogP contribution < -0.4 is 9.62 Å². The van der Waals surface area contributed by atoms with Gasteiger partial charge in [-0.15, -0.1) is 0 Å². The van der Waals surface area contributed by atoms with Crippen LogP contribution in [0.5, 0.6) is 0 Å². The van der Waals surface area contributed by atoms with Crippen LogP contribution in [-0.4, -0.2) is 50.5 Å². The quantitative estimate of drug-likeness (QED) is 0.520. The van der Waals surface area contributed by atoms with Gasteiger partial charge in [-0.2, -0.15) is 0 Å². The molecule has 0 heterocycles. The third kappa shape index (κ3) is 6.76. The zero-order chi connectivity index (χ0) is 24.9. The molecule has 0 aliphatic heterocycles. The minimum Gasteiger partial charge on any atom is -0.355 e. The van der Waals surface area contributed by atoms with Crippen molar-refractivity contribution in [2.45, 2.75) is 33.4 Å². The number of hydrogen-bond donors (Lipinski definition) is 1. The number of anilines is 1. The second-order valence-electron chi connectivity index (χ2n) is 7.45. The van der Waals surface area contributed by atoms with Gasteiger partial charge in [0.15, 0.2) is 0 Å². The zero-order valence-corrected chi connectivity index (χ0v) is 21.8. The summed E-state index contributed by atoms with van der Waals surface area (Å²) in [6.07, 6.45) is 1.00. The van der Waals surface area contributed by atoms with Gasteiger partial charge in [-0.25, -0.2) is 8.42 Å². The molecule has 2 amide bonds. The van der Waals surface area contributed by atoms with Crippen molar-refractivity contribution in [3.8, 4) is 0 Å². The number of nitrogens with one attached hydrogen (secondary N) is 1. The van der Waals surface area contributed by atoms with Crippen LogP contribution in [0.25, 0.3) is 0 Å². The van der Waals surface area contributed by atoms with E-state index < -0.39 is 28.5 Å². The third-order valence-corrected chi connectivity index (χ3v) is 7.34. The second-order valence-corrected chi connectivity index (χ2v) is 10.6. The summed E-state index contributed by atoms with van der Waals surface area (Å²) < 4.78 is 26.2. The van der Waals surface area contributed by atoms with E-state index in [-0.39, 0.29) is 18.1 Å². The van der Waals surface area contributed by atoms with Crippen molar-refractivity contribution in [1.82, 2.24) is 10.2 Å². The van der Waals surface area contributed by atoms with Gasteiger partial charge in [-0.3, -0.25) is 13.9 Å². The Labute approximate surface area is 209 Å². The van der Waals surface area contributed by atoms with Gasteiger partial charge in [0, 0.05) is 33.7 Å². The van der Waals surface area contributed by atoms with Gasteiger partial charge >= 0.3 is 0 Å². The number of benzene rings is 2. The number of carbonyl (C=O) groups is 2. The highest BCUT2D eigenvalue weighted by Crippen LogP contribution is 2.29. The summed E-state index contributed by atoms with van der Waals surface area (Å²) in [7, 11) is -3.86. The van der Waals surface area contributed by atoms with Gasteiger partial charge in [0.25, 0.3) is 0 Å². The van der Waals surface area contributed by atoms with E-state index in [0.717, 1.165) is 10.6 Å². The predicted octanol–water partition coefficient (Wildman–Crippen LogP) is 4.27. The average Bonchev–Trinajstić information content (AvgIpc) is 2.73. The summed E-state index contributed by atoms with van der Waals surface area (Å²) in [5, 5.41) is 3.70. The molecule has 180 valence electrons. The summed E-state index contributed by atoms with van der Waals surface area (Å²) in [5.74, 6) is -0.992. The minimum absolute atomic E-state index is 0.0816. The summed E-state index contributed by atoms with van der Waals surface area (Å²) in [6.45, 7) is 4.74. The summed E-state index contributed by atoms with van der Waals surface area (Å²) in [6, 6.07) is 8.81. The molecule has 11 heteroatoms. The molecular formula is C22H26Cl3N3O4S. The molecular weight excluding hydrogens is 509 g/mol. The highest BCUT2D eigenvalue weighted by molar-refractivity contribution is 7.92. The van der Waals surface area contributed by atoms with Crippen LogP contribution in [0.15, 0.2) is 36.4 Å². The molecule has 2 aromatic carbocycles. The van der Waals surface area contributed by atoms with E-state index in [2.05, 4.69) is 5.32 Å². The van der Waals surface area contributed by atoms with Crippen LogP contribution in [-0.2, 0) is 26.2 Å². The standard InChI is InChI=1S/C22H26Cl3N3O4S/c1-5-26-22(30)15(3)27(12-16-18(24)9-6-10-19(16)25)21(29)13-28(33(4,31)32)20-11-7-8-17(23)14(20)2/h6-11,15H,5,12-13H2,1-4H3,(H,26,30)/t15-/m1/s1. The average molecular weight is 535 g/mol. The lowest BCUT2D eigenvalue weighted by Gasteiger charge is -2.32. The lowest BCUT2D eigenvalue weighted by molar-refractivity contribution is -0.139. The maximum atomic E-state index is 13.5. The van der Waals surface area contributed by atoms with Crippen LogP contribution >= 0.6 is 34.8 Å². The number of halogens is 3. The normalized spacial score (nSPS) is 12.2. The molecule has 7 nitrogen and oxygen atoms in total. The molecule has 0 radical (unpaired) electrons. The molecule has 0 saturated heterocycles. The van der Waals surface area contributed by atoms with Crippen molar-refractivity contribution in [2.24, 2.45) is 0 Å². The summed E-state index contributed by atoms with van der Waals surface area (Å²) in [5.41, 5.74) is 1.24. The molecule has 2 aromatic rings. The Kier molecular flexibility index (Phi) is 9.43. The fourth-order valence-corrected chi connectivity index (χ4v) is 4.81. The monoisotopic (exact) mass is 533 g/mol. The Balaban J connectivity index is 2.49. The van der Waals surface area contributed by atoms with Crippen LogP contribution in [0.3, 0.4) is 0 Å². The van der Waals surface area contributed by atoms with Crippen LogP contribution in [0.1, 0.15) is 25.0 Å². The second kappa shape index (κ2) is 11.4. The highest BCUT2D eigenvalue weighted by atomic mass is 35.5. The number of nitrogens with zero attached hydrogens (tertiary/aromatic N) is 2. The van der Waals surface area contributed by atoms with Crippen molar-refractivity contribution in [2.75, 3.05) is 23.7 Å². The van der Waals surface area contributed by atoms with Crippen molar-refractivity contribution in [3.63, 3.8) is 0 Å². The van der Waals surface area contributed by atoms with Crippen molar-refractivity contribution in [1.29, 1.82) is 0 Å². The Morgan fingerprint density at radius 3 is 2.12 bits per heavy atom. The van der Waals surface area contributed by atoms with Crippen molar-refractivity contribution in [3.05, 3.63) is 62.6 Å². The van der Waals surface area contributed by atoms with Crippen molar-refractivity contribution >= 4 is 62.3 Å². The highest BCUT2D eigenvalue weighted by Gasteiger charge is 2.31. The maximum absolute atomic E-state index is 13.5. The third-order valence-electron chi connectivity index (χ3n) is 5.10. The maximum Gasteiger partial charge on any atom is 0.244 e. The molecule has 2 rings (SSSR count). The molecule has 0 spiro atoms. The Hall–Kier alpha value is -2.00. The first-order chi connectivity index (χ1) is 15.4. The van der Waals surface area contributed by atoms with Gasteiger partial charge < -0.3 is 10.2 Å². The molecule has 0 aliphatic carbocycles. The number of carbonyl (C=O) groups excluding carboxylic acids is 2. The number of rotatable bonds is 9. The Morgan fingerprint density at radius 1 is 1.03 bits per heavy atom. The van der Waals surface area contributed by atoms with Crippen molar-refractivity contribution < 1.29 is 18.0 Å². The molecule has 0 bridgehead atoms. The summed E-state index contributed by atoms with van der Waals surface area (Å²) in [4.78, 5) is 27.3. The Bertz CT molecular complexity index is 1120. The largest absolute Gasteiger partial charge is 0.355 e. The van der Waals surface area contributed by atoms with Gasteiger partial charge in [-0.1, -0.05) is 46.9 Å². The van der Waals surface area contributed by atoms with Crippen LogP contribution in [0.2, 0.25) is 15.1 Å². The van der Waals surface area contributed by atoms with E-state index in [1.165, 1.54) is 4.90 Å². The number of amides is 2. The van der Waals surface area contributed by atoms with Gasteiger partial charge in [0.1, 0.15) is 12.6 Å². The lowest BCUT2D eigenvalue weighted by atomic mass is 10.1. The fourth-order valence-electron chi connectivity index (χ4n) is 3.22. The van der Waals surface area contributed by atoms with E-state index in [9.17, 15) is 18.0 Å². The fraction of sp³-hybridized carbons (Fsp3) is 0.364. The SMILES string of the molecule is CCNC(=O)[C@@H](C)N(Cc1c(Cl)cccc1Cl)C(=O)CN(c1cccc(Cl)c1C)S(C)(=O)=O. The molecule has 0 aliphatic rings. The molecule has 33 heavy (non-hydrogen) atoms. The van der Waals surface area contributed by atoms with E-state index in [0.29, 0.717) is 32.7 Å². The minimum atomic E-state index is -3.86. The molecule has 1 N–H and O–H groups in total. The number of sulfonamides is 1.